The first kappa shape index (κ1) is 10.9. The number of rotatable bonds is 2. The Morgan fingerprint density at radius 1 is 1.50 bits per heavy atom. The van der Waals surface area contributed by atoms with Crippen molar-refractivity contribution in [1.29, 1.82) is 0 Å². The van der Waals surface area contributed by atoms with E-state index in [1.807, 2.05) is 18.2 Å². The maximum atomic E-state index is 11.6. The van der Waals surface area contributed by atoms with E-state index in [0.29, 0.717) is 5.69 Å². The van der Waals surface area contributed by atoms with Crippen LogP contribution in [0.2, 0.25) is 0 Å². The minimum Gasteiger partial charge on any atom is -0.366 e. The number of hydrogen-bond acceptors (Lipinski definition) is 4. The molecule has 0 saturated carbocycles. The van der Waals surface area contributed by atoms with E-state index in [9.17, 15) is 4.79 Å². The molecule has 1 heterocycles. The lowest BCUT2D eigenvalue weighted by Gasteiger charge is -2.02. The van der Waals surface area contributed by atoms with E-state index >= 15 is 0 Å². The van der Waals surface area contributed by atoms with E-state index in [0.717, 1.165) is 3.57 Å². The molecule has 0 aliphatic rings. The van der Waals surface area contributed by atoms with Gasteiger partial charge in [0, 0.05) is 9.26 Å². The van der Waals surface area contributed by atoms with Gasteiger partial charge in [0.05, 0.1) is 0 Å². The van der Waals surface area contributed by atoms with Gasteiger partial charge in [-0.15, -0.1) is 5.10 Å². The molecule has 2 aromatic rings. The molecule has 0 bridgehead atoms. The Kier molecular flexibility index (Phi) is 3.04. The maximum Gasteiger partial charge on any atom is 0.293 e. The number of amides is 1. The zero-order valence-corrected chi connectivity index (χ0v) is 10.2. The molecule has 6 nitrogen and oxygen atoms in total. The summed E-state index contributed by atoms with van der Waals surface area (Å²) in [4.78, 5) is 15.4. The van der Waals surface area contributed by atoms with Gasteiger partial charge >= 0.3 is 0 Å². The van der Waals surface area contributed by atoms with Gasteiger partial charge in [0.1, 0.15) is 0 Å². The summed E-state index contributed by atoms with van der Waals surface area (Å²) < 4.78 is 1.03. The Morgan fingerprint density at radius 3 is 2.94 bits per heavy atom. The van der Waals surface area contributed by atoms with E-state index in [4.69, 9.17) is 5.73 Å². The zero-order valence-electron chi connectivity index (χ0n) is 8.07. The monoisotopic (exact) mass is 329 g/mol. The first-order chi connectivity index (χ1) is 7.65. The Balaban J connectivity index is 2.13. The molecule has 0 unspecified atom stereocenters. The quantitative estimate of drug-likeness (QED) is 0.722. The Morgan fingerprint density at radius 2 is 2.31 bits per heavy atom. The number of nitrogens with two attached hydrogens (primary N) is 1. The summed E-state index contributed by atoms with van der Waals surface area (Å²) in [5.74, 6) is -0.227. The lowest BCUT2D eigenvalue weighted by molar-refractivity contribution is 0.101. The number of nitrogen functional groups attached to an aromatic ring is 1. The Hall–Kier alpha value is -1.64. The van der Waals surface area contributed by atoms with Crippen molar-refractivity contribution in [2.75, 3.05) is 11.1 Å². The summed E-state index contributed by atoms with van der Waals surface area (Å²) in [5, 5.41) is 8.70. The van der Waals surface area contributed by atoms with Crippen LogP contribution < -0.4 is 11.1 Å². The number of aromatic amines is 1. The van der Waals surface area contributed by atoms with Crippen molar-refractivity contribution in [1.82, 2.24) is 15.2 Å². The van der Waals surface area contributed by atoms with Gasteiger partial charge < -0.3 is 11.1 Å². The summed E-state index contributed by atoms with van der Waals surface area (Å²) in [6.07, 6.45) is 0. The topological polar surface area (TPSA) is 96.7 Å². The predicted molar refractivity (Wildman–Crippen MR) is 67.9 cm³/mol. The lowest BCUT2D eigenvalue weighted by atomic mass is 10.3. The molecular formula is C9H8IN5O. The minimum absolute atomic E-state index is 0.0489. The van der Waals surface area contributed by atoms with Crippen LogP contribution in [0.4, 0.5) is 11.6 Å². The summed E-state index contributed by atoms with van der Waals surface area (Å²) in [6.45, 7) is 0. The standard InChI is InChI=1S/C9H8IN5O/c10-5-2-1-3-6(4-5)12-8(16)7-13-9(11)15-14-7/h1-4H,(H,12,16)(H3,11,13,14,15). The van der Waals surface area contributed by atoms with Crippen LogP contribution in [-0.2, 0) is 0 Å². The third kappa shape index (κ3) is 2.48. The summed E-state index contributed by atoms with van der Waals surface area (Å²) in [6, 6.07) is 7.42. The van der Waals surface area contributed by atoms with Crippen LogP contribution in [0.3, 0.4) is 0 Å². The predicted octanol–water partition coefficient (Wildman–Crippen LogP) is 1.24. The molecule has 0 aliphatic heterocycles. The summed E-state index contributed by atoms with van der Waals surface area (Å²) >= 11 is 2.16. The molecule has 7 heteroatoms. The van der Waals surface area contributed by atoms with Crippen molar-refractivity contribution in [3.8, 4) is 0 Å². The third-order valence-corrected chi connectivity index (χ3v) is 2.47. The minimum atomic E-state index is -0.369. The number of carbonyl (C=O) groups excluding carboxylic acids is 1. The number of nitrogens with zero attached hydrogens (tertiary/aromatic N) is 2. The molecule has 0 radical (unpaired) electrons. The fourth-order valence-electron chi connectivity index (χ4n) is 1.13. The average molecular weight is 329 g/mol. The molecule has 2 rings (SSSR count). The van der Waals surface area contributed by atoms with Crippen molar-refractivity contribution < 1.29 is 4.79 Å². The Labute approximate surface area is 105 Å². The number of aromatic nitrogens is 3. The van der Waals surface area contributed by atoms with Crippen LogP contribution in [0.15, 0.2) is 24.3 Å². The van der Waals surface area contributed by atoms with E-state index in [1.165, 1.54) is 0 Å². The van der Waals surface area contributed by atoms with Crippen molar-refractivity contribution in [3.05, 3.63) is 33.7 Å². The van der Waals surface area contributed by atoms with Gasteiger partial charge in [0.15, 0.2) is 0 Å². The number of anilines is 2. The van der Waals surface area contributed by atoms with E-state index in [-0.39, 0.29) is 17.7 Å². The van der Waals surface area contributed by atoms with Crippen LogP contribution in [0.5, 0.6) is 0 Å². The molecule has 0 spiro atoms. The van der Waals surface area contributed by atoms with Gasteiger partial charge in [-0.25, -0.2) is 0 Å². The molecular weight excluding hydrogens is 321 g/mol. The normalized spacial score (nSPS) is 10.1. The van der Waals surface area contributed by atoms with Crippen LogP contribution >= 0.6 is 22.6 Å². The number of halogens is 1. The highest BCUT2D eigenvalue weighted by atomic mass is 127. The van der Waals surface area contributed by atoms with E-state index < -0.39 is 0 Å². The number of nitrogens with one attached hydrogen (secondary N) is 2. The van der Waals surface area contributed by atoms with Crippen molar-refractivity contribution in [2.45, 2.75) is 0 Å². The SMILES string of the molecule is Nc1n[nH]c(C(=O)Nc2cccc(I)c2)n1. The lowest BCUT2D eigenvalue weighted by Crippen LogP contribution is -2.13. The molecule has 0 atom stereocenters. The second-order valence-electron chi connectivity index (χ2n) is 3.01. The average Bonchev–Trinajstić information content (AvgIpc) is 2.65. The highest BCUT2D eigenvalue weighted by Crippen LogP contribution is 2.12. The van der Waals surface area contributed by atoms with Gasteiger partial charge in [-0.05, 0) is 40.8 Å². The maximum absolute atomic E-state index is 11.6. The van der Waals surface area contributed by atoms with Gasteiger partial charge in [0.2, 0.25) is 11.8 Å². The number of H-pyrrole nitrogens is 1. The highest BCUT2D eigenvalue weighted by molar-refractivity contribution is 14.1. The first-order valence-electron chi connectivity index (χ1n) is 4.40. The van der Waals surface area contributed by atoms with Gasteiger partial charge in [-0.3, -0.25) is 9.89 Å². The molecule has 1 aromatic heterocycles. The number of hydrogen-bond donors (Lipinski definition) is 3. The summed E-state index contributed by atoms with van der Waals surface area (Å²) in [7, 11) is 0. The second-order valence-corrected chi connectivity index (χ2v) is 4.25. The molecule has 1 amide bonds. The molecule has 0 saturated heterocycles. The molecule has 0 fully saturated rings. The summed E-state index contributed by atoms with van der Waals surface area (Å²) in [5.41, 5.74) is 6.00. The molecule has 0 aliphatic carbocycles. The van der Waals surface area contributed by atoms with E-state index in [2.05, 4.69) is 43.1 Å². The molecule has 1 aromatic carbocycles. The van der Waals surface area contributed by atoms with Crippen molar-refractivity contribution in [3.63, 3.8) is 0 Å². The molecule has 16 heavy (non-hydrogen) atoms. The van der Waals surface area contributed by atoms with Gasteiger partial charge in [-0.2, -0.15) is 4.98 Å². The first-order valence-corrected chi connectivity index (χ1v) is 5.48. The van der Waals surface area contributed by atoms with Crippen LogP contribution in [0, 0.1) is 3.57 Å². The van der Waals surface area contributed by atoms with Crippen LogP contribution in [0.1, 0.15) is 10.6 Å². The smallest absolute Gasteiger partial charge is 0.293 e. The zero-order chi connectivity index (χ0) is 11.5. The number of benzene rings is 1. The van der Waals surface area contributed by atoms with E-state index in [1.54, 1.807) is 6.07 Å². The largest absolute Gasteiger partial charge is 0.366 e. The van der Waals surface area contributed by atoms with Crippen LogP contribution in [0.25, 0.3) is 0 Å². The molecule has 4 N–H and O–H groups in total. The fourth-order valence-corrected chi connectivity index (χ4v) is 1.68. The van der Waals surface area contributed by atoms with Crippen molar-refractivity contribution in [2.24, 2.45) is 0 Å². The second kappa shape index (κ2) is 4.47. The van der Waals surface area contributed by atoms with Gasteiger partial charge in [-0.1, -0.05) is 6.07 Å². The van der Waals surface area contributed by atoms with Crippen molar-refractivity contribution >= 4 is 40.1 Å². The Bertz CT molecular complexity index is 524. The molecule has 82 valence electrons. The highest BCUT2D eigenvalue weighted by Gasteiger charge is 2.10. The third-order valence-electron chi connectivity index (χ3n) is 1.80. The number of carbonyl (C=O) groups is 1. The van der Waals surface area contributed by atoms with Gasteiger partial charge in [0.25, 0.3) is 5.91 Å². The fraction of sp³-hybridized carbons (Fsp3) is 0. The van der Waals surface area contributed by atoms with Crippen LogP contribution in [-0.4, -0.2) is 21.1 Å².